The van der Waals surface area contributed by atoms with Crippen LogP contribution in [0.15, 0.2) is 35.5 Å². The molecule has 0 saturated carbocycles. The van der Waals surface area contributed by atoms with Crippen molar-refractivity contribution in [1.82, 2.24) is 14.7 Å². The van der Waals surface area contributed by atoms with Gasteiger partial charge in [-0.2, -0.15) is 0 Å². The summed E-state index contributed by atoms with van der Waals surface area (Å²) in [5, 5.41) is 10.6. The third kappa shape index (κ3) is 3.64. The van der Waals surface area contributed by atoms with Crippen molar-refractivity contribution < 1.29 is 13.3 Å². The fraction of sp³-hybridized carbons (Fsp3) is 0.250. The molecule has 0 radical (unpaired) electrons. The number of non-ortho nitro benzene ring substituents is 1. The smallest absolute Gasteiger partial charge is 0.269 e. The van der Waals surface area contributed by atoms with Crippen molar-refractivity contribution in [2.75, 3.05) is 0 Å². The van der Waals surface area contributed by atoms with E-state index in [-0.39, 0.29) is 17.3 Å². The SMILES string of the molecule is CCc1ncc(S(=O)(=O)NCc2cccc([N+](=O)[O-])c2)[nH]1. The van der Waals surface area contributed by atoms with Gasteiger partial charge in [0.15, 0.2) is 5.03 Å². The van der Waals surface area contributed by atoms with Crippen LogP contribution in [-0.4, -0.2) is 23.3 Å². The first-order chi connectivity index (χ1) is 9.92. The lowest BCUT2D eigenvalue weighted by molar-refractivity contribution is -0.384. The van der Waals surface area contributed by atoms with Crippen LogP contribution < -0.4 is 4.72 Å². The monoisotopic (exact) mass is 310 g/mol. The van der Waals surface area contributed by atoms with E-state index >= 15 is 0 Å². The molecule has 0 bridgehead atoms. The lowest BCUT2D eigenvalue weighted by atomic mass is 10.2. The minimum absolute atomic E-state index is 0.0234. The summed E-state index contributed by atoms with van der Waals surface area (Å²) >= 11 is 0. The van der Waals surface area contributed by atoms with Crippen LogP contribution in [0.25, 0.3) is 0 Å². The van der Waals surface area contributed by atoms with Crippen LogP contribution in [0.1, 0.15) is 18.3 Å². The first-order valence-corrected chi connectivity index (χ1v) is 7.67. The van der Waals surface area contributed by atoms with Gasteiger partial charge < -0.3 is 4.98 Å². The second kappa shape index (κ2) is 6.02. The van der Waals surface area contributed by atoms with Gasteiger partial charge >= 0.3 is 0 Å². The Balaban J connectivity index is 2.11. The highest BCUT2D eigenvalue weighted by Crippen LogP contribution is 2.14. The fourth-order valence-electron chi connectivity index (χ4n) is 1.70. The molecule has 21 heavy (non-hydrogen) atoms. The molecule has 1 aromatic carbocycles. The molecule has 2 N–H and O–H groups in total. The molecule has 0 aliphatic heterocycles. The number of hydrogen-bond donors (Lipinski definition) is 2. The largest absolute Gasteiger partial charge is 0.332 e. The Kier molecular flexibility index (Phi) is 4.34. The van der Waals surface area contributed by atoms with Gasteiger partial charge in [-0.3, -0.25) is 10.1 Å². The van der Waals surface area contributed by atoms with Crippen molar-refractivity contribution in [3.05, 3.63) is 52.0 Å². The minimum Gasteiger partial charge on any atom is -0.332 e. The molecular weight excluding hydrogens is 296 g/mol. The molecule has 0 atom stereocenters. The highest BCUT2D eigenvalue weighted by molar-refractivity contribution is 7.89. The van der Waals surface area contributed by atoms with Gasteiger partial charge in [0.2, 0.25) is 0 Å². The molecule has 0 fully saturated rings. The molecule has 0 spiro atoms. The zero-order chi connectivity index (χ0) is 15.5. The Morgan fingerprint density at radius 3 is 2.81 bits per heavy atom. The van der Waals surface area contributed by atoms with Gasteiger partial charge in [-0.05, 0) is 5.56 Å². The van der Waals surface area contributed by atoms with Gasteiger partial charge in [0, 0.05) is 25.1 Å². The van der Waals surface area contributed by atoms with Gasteiger partial charge in [-0.15, -0.1) is 0 Å². The molecule has 112 valence electrons. The number of rotatable bonds is 6. The maximum atomic E-state index is 12.0. The van der Waals surface area contributed by atoms with E-state index in [1.807, 2.05) is 6.92 Å². The van der Waals surface area contributed by atoms with Crippen LogP contribution in [0, 0.1) is 10.1 Å². The third-order valence-electron chi connectivity index (χ3n) is 2.82. The summed E-state index contributed by atoms with van der Waals surface area (Å²) in [6, 6.07) is 5.79. The zero-order valence-corrected chi connectivity index (χ0v) is 12.1. The fourth-order valence-corrected chi connectivity index (χ4v) is 2.65. The summed E-state index contributed by atoms with van der Waals surface area (Å²) in [6.45, 7) is 1.82. The molecule has 0 saturated heterocycles. The number of benzene rings is 1. The number of sulfonamides is 1. The summed E-state index contributed by atoms with van der Waals surface area (Å²) in [5.41, 5.74) is 0.421. The summed E-state index contributed by atoms with van der Waals surface area (Å²) in [6.07, 6.45) is 1.84. The molecular formula is C12H14N4O4S. The van der Waals surface area contributed by atoms with Gasteiger partial charge in [0.25, 0.3) is 15.7 Å². The van der Waals surface area contributed by atoms with Crippen LogP contribution in [0.2, 0.25) is 0 Å². The van der Waals surface area contributed by atoms with Crippen LogP contribution in [0.4, 0.5) is 5.69 Å². The molecule has 8 nitrogen and oxygen atoms in total. The number of aromatic nitrogens is 2. The predicted molar refractivity (Wildman–Crippen MR) is 75.1 cm³/mol. The molecule has 1 heterocycles. The van der Waals surface area contributed by atoms with E-state index in [0.717, 1.165) is 0 Å². The standard InChI is InChI=1S/C12H14N4O4S/c1-2-11-13-8-12(15-11)21(19,20)14-7-9-4-3-5-10(6-9)16(17)18/h3-6,8,14H,2,7H2,1H3,(H,13,15). The topological polar surface area (TPSA) is 118 Å². The number of aromatic amines is 1. The van der Waals surface area contributed by atoms with E-state index in [4.69, 9.17) is 0 Å². The van der Waals surface area contributed by atoms with Crippen molar-refractivity contribution in [3.63, 3.8) is 0 Å². The Labute approximate surface area is 121 Å². The molecule has 9 heteroatoms. The molecule has 2 rings (SSSR count). The zero-order valence-electron chi connectivity index (χ0n) is 11.2. The second-order valence-electron chi connectivity index (χ2n) is 4.30. The third-order valence-corrected chi connectivity index (χ3v) is 4.13. The van der Waals surface area contributed by atoms with E-state index in [9.17, 15) is 18.5 Å². The quantitative estimate of drug-likeness (QED) is 0.617. The molecule has 2 aromatic rings. The number of hydrogen-bond acceptors (Lipinski definition) is 5. The van der Waals surface area contributed by atoms with Crippen molar-refractivity contribution in [2.24, 2.45) is 0 Å². The number of H-pyrrole nitrogens is 1. The summed E-state index contributed by atoms with van der Waals surface area (Å²) < 4.78 is 26.4. The van der Waals surface area contributed by atoms with E-state index in [0.29, 0.717) is 17.8 Å². The minimum atomic E-state index is -3.72. The first kappa shape index (κ1) is 15.1. The summed E-state index contributed by atoms with van der Waals surface area (Å²) in [5.74, 6) is 0.575. The van der Waals surface area contributed by atoms with Crippen LogP contribution in [-0.2, 0) is 23.0 Å². The van der Waals surface area contributed by atoms with Crippen LogP contribution in [0.3, 0.4) is 0 Å². The molecule has 1 aromatic heterocycles. The normalized spacial score (nSPS) is 11.5. The average molecular weight is 310 g/mol. The lowest BCUT2D eigenvalue weighted by Crippen LogP contribution is -2.23. The summed E-state index contributed by atoms with van der Waals surface area (Å²) in [7, 11) is -3.72. The average Bonchev–Trinajstić information content (AvgIpc) is 2.95. The highest BCUT2D eigenvalue weighted by Gasteiger charge is 2.17. The van der Waals surface area contributed by atoms with Gasteiger partial charge in [0.1, 0.15) is 5.82 Å². The molecule has 0 aliphatic rings. The summed E-state index contributed by atoms with van der Waals surface area (Å²) in [4.78, 5) is 16.8. The molecule has 0 amide bonds. The van der Waals surface area contributed by atoms with E-state index < -0.39 is 14.9 Å². The maximum absolute atomic E-state index is 12.0. The predicted octanol–water partition coefficient (Wildman–Crippen LogP) is 1.36. The number of nitrogens with zero attached hydrogens (tertiary/aromatic N) is 2. The van der Waals surface area contributed by atoms with Crippen molar-refractivity contribution >= 4 is 15.7 Å². The van der Waals surface area contributed by atoms with Crippen LogP contribution >= 0.6 is 0 Å². The Morgan fingerprint density at radius 2 is 2.19 bits per heavy atom. The van der Waals surface area contributed by atoms with Crippen molar-refractivity contribution in [3.8, 4) is 0 Å². The lowest BCUT2D eigenvalue weighted by Gasteiger charge is -2.04. The first-order valence-electron chi connectivity index (χ1n) is 6.19. The van der Waals surface area contributed by atoms with E-state index in [2.05, 4.69) is 14.7 Å². The van der Waals surface area contributed by atoms with Gasteiger partial charge in [-0.1, -0.05) is 19.1 Å². The number of nitro groups is 1. The number of nitrogens with one attached hydrogen (secondary N) is 2. The van der Waals surface area contributed by atoms with Crippen molar-refractivity contribution in [2.45, 2.75) is 24.9 Å². The Bertz CT molecular complexity index is 754. The van der Waals surface area contributed by atoms with E-state index in [1.165, 1.54) is 24.4 Å². The van der Waals surface area contributed by atoms with Crippen LogP contribution in [0.5, 0.6) is 0 Å². The van der Waals surface area contributed by atoms with E-state index in [1.54, 1.807) is 6.07 Å². The number of nitro benzene ring substituents is 1. The second-order valence-corrected chi connectivity index (χ2v) is 6.03. The Morgan fingerprint density at radius 1 is 1.43 bits per heavy atom. The molecule has 0 unspecified atom stereocenters. The van der Waals surface area contributed by atoms with Gasteiger partial charge in [0.05, 0.1) is 11.1 Å². The molecule has 0 aliphatic carbocycles. The number of imidazole rings is 1. The highest BCUT2D eigenvalue weighted by atomic mass is 32.2. The van der Waals surface area contributed by atoms with Crippen molar-refractivity contribution in [1.29, 1.82) is 0 Å². The number of aryl methyl sites for hydroxylation is 1. The van der Waals surface area contributed by atoms with Gasteiger partial charge in [-0.25, -0.2) is 18.1 Å². The maximum Gasteiger partial charge on any atom is 0.269 e. The Hall–Kier alpha value is -2.26.